The highest BCUT2D eigenvalue weighted by molar-refractivity contribution is 6.15. The number of fused-ring (bicyclic) bond motifs is 2. The van der Waals surface area contributed by atoms with Crippen molar-refractivity contribution in [2.24, 2.45) is 4.99 Å². The monoisotopic (exact) mass is 425 g/mol. The van der Waals surface area contributed by atoms with Crippen LogP contribution in [0.15, 0.2) is 65.9 Å². The van der Waals surface area contributed by atoms with Gasteiger partial charge in [-0.25, -0.2) is 4.98 Å². The molecule has 2 aromatic heterocycles. The number of anilines is 1. The van der Waals surface area contributed by atoms with Gasteiger partial charge in [-0.15, -0.1) is 0 Å². The second-order valence-electron chi connectivity index (χ2n) is 7.38. The number of rotatable bonds is 6. The van der Waals surface area contributed by atoms with E-state index in [1.54, 1.807) is 37.7 Å². The molecule has 8 heteroatoms. The Labute approximate surface area is 183 Å². The van der Waals surface area contributed by atoms with E-state index in [-0.39, 0.29) is 23.8 Å². The number of aliphatic imine (C=N–C) groups is 1. The Balaban J connectivity index is 1.40. The minimum absolute atomic E-state index is 0.0624. The van der Waals surface area contributed by atoms with Crippen LogP contribution < -0.4 is 10.1 Å². The topological polar surface area (TPSA) is 109 Å². The Morgan fingerprint density at radius 1 is 1.19 bits per heavy atom. The first-order valence-corrected chi connectivity index (χ1v) is 10.1. The fraction of sp³-hybridized carbons (Fsp3) is 0.125. The number of benzene rings is 2. The first-order chi connectivity index (χ1) is 15.6. The zero-order valence-corrected chi connectivity index (χ0v) is 17.3. The maximum absolute atomic E-state index is 12.8. The van der Waals surface area contributed by atoms with Gasteiger partial charge in [-0.3, -0.25) is 24.9 Å². The number of Topliss-reactive ketones (excluding diaryl/α,β-unsaturated/α-hetero) is 1. The number of imidazole rings is 1. The van der Waals surface area contributed by atoms with Crippen molar-refractivity contribution < 1.29 is 14.3 Å². The van der Waals surface area contributed by atoms with Gasteiger partial charge in [0.05, 0.1) is 12.6 Å². The lowest BCUT2D eigenvalue weighted by Crippen LogP contribution is -2.14. The molecule has 1 aliphatic rings. The van der Waals surface area contributed by atoms with E-state index in [4.69, 9.17) is 4.74 Å². The molecular formula is C24H19N5O3. The smallest absolute Gasteiger partial charge is 0.276 e. The largest absolute Gasteiger partial charge is 0.496 e. The molecule has 2 aromatic carbocycles. The summed E-state index contributed by atoms with van der Waals surface area (Å²) in [5.41, 5.74) is 2.73. The number of H-pyrrole nitrogens is 1. The summed E-state index contributed by atoms with van der Waals surface area (Å²) in [7, 11) is 1.59. The molecule has 5 rings (SSSR count). The molecule has 0 atom stereocenters. The first-order valence-electron chi connectivity index (χ1n) is 10.1. The van der Waals surface area contributed by atoms with E-state index < -0.39 is 5.91 Å². The normalized spacial score (nSPS) is 12.8. The SMILES string of the molecule is COc1cccc2cc(C(=O)Nc3nc4c(C(=O)CC5=NC=CC5)cccc4[nH]3)ncc12. The molecular weight excluding hydrogens is 406 g/mol. The van der Waals surface area contributed by atoms with Gasteiger partial charge in [0.15, 0.2) is 5.78 Å². The lowest BCUT2D eigenvalue weighted by molar-refractivity contribution is 0.0998. The minimum Gasteiger partial charge on any atom is -0.496 e. The third-order valence-corrected chi connectivity index (χ3v) is 5.30. The summed E-state index contributed by atoms with van der Waals surface area (Å²) in [5, 5.41) is 4.39. The molecule has 0 radical (unpaired) electrons. The molecule has 1 aliphatic heterocycles. The number of ether oxygens (including phenoxy) is 1. The summed E-state index contributed by atoms with van der Waals surface area (Å²) in [6.45, 7) is 0. The van der Waals surface area contributed by atoms with E-state index >= 15 is 0 Å². The van der Waals surface area contributed by atoms with E-state index in [0.29, 0.717) is 28.8 Å². The summed E-state index contributed by atoms with van der Waals surface area (Å²) in [6.07, 6.45) is 6.17. The van der Waals surface area contributed by atoms with Crippen molar-refractivity contribution in [3.05, 3.63) is 72.2 Å². The zero-order chi connectivity index (χ0) is 22.1. The third kappa shape index (κ3) is 3.62. The number of aromatic nitrogens is 3. The number of aromatic amines is 1. The Morgan fingerprint density at radius 2 is 2.06 bits per heavy atom. The van der Waals surface area contributed by atoms with Gasteiger partial charge in [-0.05, 0) is 29.7 Å². The highest BCUT2D eigenvalue weighted by Gasteiger charge is 2.18. The second kappa shape index (κ2) is 8.07. The predicted molar refractivity (Wildman–Crippen MR) is 122 cm³/mol. The predicted octanol–water partition coefficient (Wildman–Crippen LogP) is 4.30. The molecule has 0 unspecified atom stereocenters. The molecule has 4 aromatic rings. The van der Waals surface area contributed by atoms with Crippen molar-refractivity contribution in [3.63, 3.8) is 0 Å². The van der Waals surface area contributed by atoms with E-state index in [2.05, 4.69) is 25.3 Å². The van der Waals surface area contributed by atoms with Gasteiger partial charge in [0, 0.05) is 41.9 Å². The van der Waals surface area contributed by atoms with Gasteiger partial charge in [0.1, 0.15) is 17.0 Å². The van der Waals surface area contributed by atoms with Crippen molar-refractivity contribution in [1.29, 1.82) is 0 Å². The Hall–Kier alpha value is -4.33. The number of carbonyl (C=O) groups is 2. The van der Waals surface area contributed by atoms with Crippen LogP contribution in [-0.2, 0) is 0 Å². The van der Waals surface area contributed by atoms with E-state index in [0.717, 1.165) is 16.5 Å². The fourth-order valence-electron chi connectivity index (χ4n) is 3.73. The molecule has 0 saturated carbocycles. The van der Waals surface area contributed by atoms with Crippen molar-refractivity contribution >= 4 is 45.2 Å². The van der Waals surface area contributed by atoms with Gasteiger partial charge < -0.3 is 9.72 Å². The number of nitrogens with one attached hydrogen (secondary N) is 2. The molecule has 3 heterocycles. The van der Waals surface area contributed by atoms with Crippen LogP contribution >= 0.6 is 0 Å². The standard InChI is InChI=1S/C24H19N5O3/c1-32-21-9-2-5-14-11-19(26-13-17(14)21)23(31)29-24-27-18-8-3-7-16(22(18)28-24)20(30)12-15-6-4-10-25-15/h2-5,7-11,13H,6,12H2,1H3,(H2,27,28,29,31). The number of methoxy groups -OCH3 is 1. The average Bonchev–Trinajstić information content (AvgIpc) is 3.47. The van der Waals surface area contributed by atoms with E-state index in [1.165, 1.54) is 0 Å². The third-order valence-electron chi connectivity index (χ3n) is 5.30. The van der Waals surface area contributed by atoms with Gasteiger partial charge in [0.25, 0.3) is 5.91 Å². The molecule has 158 valence electrons. The molecule has 0 bridgehead atoms. The maximum atomic E-state index is 12.8. The van der Waals surface area contributed by atoms with Crippen LogP contribution in [0.3, 0.4) is 0 Å². The Kier molecular flexibility index (Phi) is 4.95. The van der Waals surface area contributed by atoms with Crippen LogP contribution in [0.2, 0.25) is 0 Å². The van der Waals surface area contributed by atoms with Crippen LogP contribution in [-0.4, -0.2) is 39.5 Å². The second-order valence-corrected chi connectivity index (χ2v) is 7.38. The molecule has 2 N–H and O–H groups in total. The molecule has 32 heavy (non-hydrogen) atoms. The Morgan fingerprint density at radius 3 is 2.88 bits per heavy atom. The van der Waals surface area contributed by atoms with Gasteiger partial charge in [0.2, 0.25) is 5.95 Å². The van der Waals surface area contributed by atoms with E-state index in [1.807, 2.05) is 30.3 Å². The molecule has 0 saturated heterocycles. The number of carbonyl (C=O) groups excluding carboxylic acids is 2. The number of allylic oxidation sites excluding steroid dienone is 1. The first kappa shape index (κ1) is 19.6. The lowest BCUT2D eigenvalue weighted by atomic mass is 10.0. The van der Waals surface area contributed by atoms with Gasteiger partial charge in [-0.1, -0.05) is 24.3 Å². The number of hydrogen-bond donors (Lipinski definition) is 2. The molecule has 0 spiro atoms. The molecule has 0 fully saturated rings. The van der Waals surface area contributed by atoms with Crippen LogP contribution in [0.1, 0.15) is 33.7 Å². The number of pyridine rings is 1. The highest BCUT2D eigenvalue weighted by Crippen LogP contribution is 2.25. The number of ketones is 1. The lowest BCUT2D eigenvalue weighted by Gasteiger charge is -2.06. The van der Waals surface area contributed by atoms with Crippen LogP contribution in [0.25, 0.3) is 21.8 Å². The molecule has 8 nitrogen and oxygen atoms in total. The fourth-order valence-corrected chi connectivity index (χ4v) is 3.73. The average molecular weight is 425 g/mol. The van der Waals surface area contributed by atoms with Crippen molar-refractivity contribution in [3.8, 4) is 5.75 Å². The highest BCUT2D eigenvalue weighted by atomic mass is 16.5. The van der Waals surface area contributed by atoms with Gasteiger partial charge >= 0.3 is 0 Å². The zero-order valence-electron chi connectivity index (χ0n) is 17.3. The van der Waals surface area contributed by atoms with Crippen molar-refractivity contribution in [2.75, 3.05) is 12.4 Å². The summed E-state index contributed by atoms with van der Waals surface area (Å²) < 4.78 is 5.34. The van der Waals surface area contributed by atoms with Gasteiger partial charge in [-0.2, -0.15) is 0 Å². The number of hydrogen-bond acceptors (Lipinski definition) is 6. The van der Waals surface area contributed by atoms with Crippen LogP contribution in [0.4, 0.5) is 5.95 Å². The molecule has 1 amide bonds. The van der Waals surface area contributed by atoms with E-state index in [9.17, 15) is 9.59 Å². The molecule has 0 aliphatic carbocycles. The number of para-hydroxylation sites is 1. The summed E-state index contributed by atoms with van der Waals surface area (Å²) >= 11 is 0. The minimum atomic E-state index is -0.409. The summed E-state index contributed by atoms with van der Waals surface area (Å²) in [4.78, 5) is 41.5. The van der Waals surface area contributed by atoms with Crippen LogP contribution in [0, 0.1) is 0 Å². The maximum Gasteiger partial charge on any atom is 0.276 e. The van der Waals surface area contributed by atoms with Crippen molar-refractivity contribution in [1.82, 2.24) is 15.0 Å². The summed E-state index contributed by atoms with van der Waals surface area (Å²) in [5.74, 6) is 0.467. The Bertz CT molecular complexity index is 1430. The summed E-state index contributed by atoms with van der Waals surface area (Å²) in [6, 6.07) is 12.6. The van der Waals surface area contributed by atoms with Crippen molar-refractivity contribution in [2.45, 2.75) is 12.8 Å². The quantitative estimate of drug-likeness (QED) is 0.448. The number of nitrogens with zero attached hydrogens (tertiary/aromatic N) is 3. The number of amides is 1. The van der Waals surface area contributed by atoms with Crippen LogP contribution in [0.5, 0.6) is 5.75 Å².